The summed E-state index contributed by atoms with van der Waals surface area (Å²) in [6, 6.07) is 7.46. The van der Waals surface area contributed by atoms with Crippen molar-refractivity contribution in [3.05, 3.63) is 72.5 Å². The molecular weight excluding hydrogens is 376 g/mol. The summed E-state index contributed by atoms with van der Waals surface area (Å²) in [6.07, 6.45) is 0. The van der Waals surface area contributed by atoms with E-state index in [-0.39, 0.29) is 5.69 Å². The monoisotopic (exact) mass is 396 g/mol. The predicted molar refractivity (Wildman–Crippen MR) is 110 cm³/mol. The summed E-state index contributed by atoms with van der Waals surface area (Å²) in [5.74, 6) is -0.811. The van der Waals surface area contributed by atoms with Gasteiger partial charge in [0.2, 0.25) is 0 Å². The third-order valence-corrected chi connectivity index (χ3v) is 5.69. The summed E-state index contributed by atoms with van der Waals surface area (Å²) in [5.41, 5.74) is 3.49. The molecule has 0 spiro atoms. The number of nitro benzene ring substituents is 1. The van der Waals surface area contributed by atoms with Gasteiger partial charge in [0.05, 0.1) is 21.8 Å². The first-order chi connectivity index (χ1) is 13.1. The second-order valence-electron chi connectivity index (χ2n) is 6.92. The third kappa shape index (κ3) is 3.18. The Bertz CT molecular complexity index is 1070. The normalized spacial score (nSPS) is 16.0. The zero-order valence-electron chi connectivity index (χ0n) is 16.3. The predicted octanol–water partition coefficient (Wildman–Crippen LogP) is 4.96. The van der Waals surface area contributed by atoms with Gasteiger partial charge in [-0.25, -0.2) is 4.90 Å². The van der Waals surface area contributed by atoms with Crippen LogP contribution in [-0.4, -0.2) is 16.7 Å². The first-order valence-electron chi connectivity index (χ1n) is 8.72. The lowest BCUT2D eigenvalue weighted by Gasteiger charge is -2.13. The molecule has 1 aliphatic heterocycles. The summed E-state index contributed by atoms with van der Waals surface area (Å²) >= 11 is 1.65. The molecule has 28 heavy (non-hydrogen) atoms. The zero-order chi connectivity index (χ0) is 20.7. The molecule has 2 aromatic rings. The van der Waals surface area contributed by atoms with E-state index in [0.29, 0.717) is 16.8 Å². The number of rotatable bonds is 3. The highest BCUT2D eigenvalue weighted by molar-refractivity contribution is 7.12. The Morgan fingerprint density at radius 1 is 1.00 bits per heavy atom. The quantitative estimate of drug-likeness (QED) is 0.318. The number of hydrogen-bond donors (Lipinski definition) is 0. The van der Waals surface area contributed by atoms with Gasteiger partial charge in [0, 0.05) is 21.9 Å². The molecule has 0 N–H and O–H groups in total. The van der Waals surface area contributed by atoms with E-state index in [9.17, 15) is 19.7 Å². The van der Waals surface area contributed by atoms with Crippen molar-refractivity contribution in [2.24, 2.45) is 0 Å². The lowest BCUT2D eigenvalue weighted by molar-refractivity contribution is -0.384. The smallest absolute Gasteiger partial charge is 0.268 e. The molecule has 1 fully saturated rings. The summed E-state index contributed by atoms with van der Waals surface area (Å²) in [4.78, 5) is 40.0. The van der Waals surface area contributed by atoms with Gasteiger partial charge in [0.15, 0.2) is 0 Å². The average molecular weight is 396 g/mol. The minimum Gasteiger partial charge on any atom is -0.268 e. The number of aryl methyl sites for hydroxylation is 2. The van der Waals surface area contributed by atoms with Crippen LogP contribution in [0.2, 0.25) is 0 Å². The second kappa shape index (κ2) is 7.16. The van der Waals surface area contributed by atoms with Crippen molar-refractivity contribution in [3.63, 3.8) is 0 Å². The van der Waals surface area contributed by atoms with Crippen LogP contribution in [0.15, 0.2) is 47.1 Å². The molecule has 0 unspecified atom stereocenters. The SMILES string of the molecule is CC(C)=C1C(=O)N(c2ccc([N+](=O)[O-])cc2)C(=O)/C1=C(/C)c1cc(C)sc1C. The van der Waals surface area contributed by atoms with E-state index in [1.807, 2.05) is 26.8 Å². The molecule has 144 valence electrons. The molecule has 0 radical (unpaired) electrons. The standard InChI is InChI=1S/C21H20N2O4S/c1-11(2)18-19(13(4)17-10-12(3)28-14(17)5)21(25)22(20(18)24)15-6-8-16(9-7-15)23(26)27/h6-10H,1-5H3/b19-13-. The largest absolute Gasteiger partial charge is 0.269 e. The molecular formula is C21H20N2O4S. The fourth-order valence-electron chi connectivity index (χ4n) is 3.44. The van der Waals surface area contributed by atoms with Crippen molar-refractivity contribution < 1.29 is 14.5 Å². The van der Waals surface area contributed by atoms with Crippen LogP contribution in [0.3, 0.4) is 0 Å². The van der Waals surface area contributed by atoms with Crippen molar-refractivity contribution in [2.45, 2.75) is 34.6 Å². The number of thiophene rings is 1. The lowest BCUT2D eigenvalue weighted by Crippen LogP contribution is -2.29. The Balaban J connectivity index is 2.17. The van der Waals surface area contributed by atoms with Crippen LogP contribution >= 0.6 is 11.3 Å². The first kappa shape index (κ1) is 19.7. The molecule has 0 atom stereocenters. The molecule has 2 amide bonds. The van der Waals surface area contributed by atoms with Crippen molar-refractivity contribution >= 4 is 40.1 Å². The zero-order valence-corrected chi connectivity index (χ0v) is 17.1. The van der Waals surface area contributed by atoms with Crippen molar-refractivity contribution in [3.8, 4) is 0 Å². The van der Waals surface area contributed by atoms with Gasteiger partial charge in [0.1, 0.15) is 0 Å². The molecule has 1 aliphatic rings. The highest BCUT2D eigenvalue weighted by atomic mass is 32.1. The fraction of sp³-hybridized carbons (Fsp3) is 0.238. The number of anilines is 1. The molecule has 0 saturated carbocycles. The van der Waals surface area contributed by atoms with Crippen LogP contribution < -0.4 is 4.90 Å². The van der Waals surface area contributed by atoms with Crippen LogP contribution in [-0.2, 0) is 9.59 Å². The Labute approximate surface area is 166 Å². The van der Waals surface area contributed by atoms with Crippen molar-refractivity contribution in [1.82, 2.24) is 0 Å². The number of nitro groups is 1. The van der Waals surface area contributed by atoms with Crippen LogP contribution in [0.25, 0.3) is 5.57 Å². The van der Waals surface area contributed by atoms with Gasteiger partial charge in [0.25, 0.3) is 17.5 Å². The van der Waals surface area contributed by atoms with Gasteiger partial charge in [-0.15, -0.1) is 11.3 Å². The minimum absolute atomic E-state index is 0.0957. The Kier molecular flexibility index (Phi) is 5.04. The molecule has 6 nitrogen and oxygen atoms in total. The van der Waals surface area contributed by atoms with Crippen LogP contribution in [0.4, 0.5) is 11.4 Å². The molecule has 7 heteroatoms. The lowest BCUT2D eigenvalue weighted by atomic mass is 9.95. The maximum atomic E-state index is 13.3. The van der Waals surface area contributed by atoms with Gasteiger partial charge < -0.3 is 0 Å². The van der Waals surface area contributed by atoms with E-state index in [0.717, 1.165) is 31.4 Å². The van der Waals surface area contributed by atoms with Gasteiger partial charge in [-0.1, -0.05) is 5.57 Å². The maximum Gasteiger partial charge on any atom is 0.269 e. The van der Waals surface area contributed by atoms with Gasteiger partial charge in [-0.3, -0.25) is 19.7 Å². The number of carbonyl (C=O) groups is 2. The first-order valence-corrected chi connectivity index (χ1v) is 9.54. The molecule has 2 heterocycles. The number of carbonyl (C=O) groups excluding carboxylic acids is 2. The van der Waals surface area contributed by atoms with E-state index in [2.05, 4.69) is 0 Å². The van der Waals surface area contributed by atoms with Crippen LogP contribution in [0.1, 0.15) is 36.1 Å². The van der Waals surface area contributed by atoms with E-state index in [1.165, 1.54) is 24.3 Å². The Morgan fingerprint density at radius 2 is 1.57 bits per heavy atom. The van der Waals surface area contributed by atoms with Crippen molar-refractivity contribution in [2.75, 3.05) is 4.90 Å². The van der Waals surface area contributed by atoms with Crippen molar-refractivity contribution in [1.29, 1.82) is 0 Å². The number of nitrogens with zero attached hydrogens (tertiary/aromatic N) is 2. The van der Waals surface area contributed by atoms with E-state index in [4.69, 9.17) is 0 Å². The van der Waals surface area contributed by atoms with Gasteiger partial charge >= 0.3 is 0 Å². The highest BCUT2D eigenvalue weighted by Crippen LogP contribution is 2.39. The number of benzene rings is 1. The Morgan fingerprint density at radius 3 is 2.04 bits per heavy atom. The average Bonchev–Trinajstić information content (AvgIpc) is 3.10. The molecule has 0 aliphatic carbocycles. The molecule has 1 saturated heterocycles. The number of allylic oxidation sites excluding steroid dienone is 2. The Hall–Kier alpha value is -3.06. The number of imide groups is 1. The number of non-ortho nitro benzene ring substituents is 1. The van der Waals surface area contributed by atoms with Gasteiger partial charge in [-0.05, 0) is 64.0 Å². The maximum absolute atomic E-state index is 13.3. The van der Waals surface area contributed by atoms with E-state index >= 15 is 0 Å². The molecule has 3 rings (SSSR count). The second-order valence-corrected chi connectivity index (χ2v) is 8.38. The summed E-state index contributed by atoms with van der Waals surface area (Å²) in [7, 11) is 0. The van der Waals surface area contributed by atoms with Crippen LogP contribution in [0, 0.1) is 24.0 Å². The highest BCUT2D eigenvalue weighted by Gasteiger charge is 2.42. The minimum atomic E-state index is -0.518. The number of hydrogen-bond acceptors (Lipinski definition) is 5. The van der Waals surface area contributed by atoms with E-state index in [1.54, 1.807) is 25.2 Å². The van der Waals surface area contributed by atoms with Crippen LogP contribution in [0.5, 0.6) is 0 Å². The molecule has 0 bridgehead atoms. The summed E-state index contributed by atoms with van der Waals surface area (Å²) < 4.78 is 0. The third-order valence-electron chi connectivity index (χ3n) is 4.72. The topological polar surface area (TPSA) is 80.5 Å². The summed E-state index contributed by atoms with van der Waals surface area (Å²) in [6.45, 7) is 9.47. The molecule has 1 aromatic heterocycles. The molecule has 1 aromatic carbocycles. The summed E-state index contributed by atoms with van der Waals surface area (Å²) in [5, 5.41) is 10.9. The van der Waals surface area contributed by atoms with E-state index < -0.39 is 16.7 Å². The van der Waals surface area contributed by atoms with Gasteiger partial charge in [-0.2, -0.15) is 0 Å². The number of amides is 2. The fourth-order valence-corrected chi connectivity index (χ4v) is 4.42.